The maximum absolute atomic E-state index is 12.3. The van der Waals surface area contributed by atoms with E-state index < -0.39 is 5.60 Å². The maximum atomic E-state index is 12.3. The van der Waals surface area contributed by atoms with Gasteiger partial charge in [0.25, 0.3) is 0 Å². The largest absolute Gasteiger partial charge is 0.390 e. The fraction of sp³-hybridized carbons (Fsp3) is 0.958. The molecule has 0 bridgehead atoms. The Balaban J connectivity index is 1.67. The van der Waals surface area contributed by atoms with Gasteiger partial charge in [0.2, 0.25) is 0 Å². The summed E-state index contributed by atoms with van der Waals surface area (Å²) in [7, 11) is 0. The lowest BCUT2D eigenvalue weighted by molar-refractivity contribution is -0.152. The molecule has 8 atom stereocenters. The fourth-order valence-electron chi connectivity index (χ4n) is 8.91. The summed E-state index contributed by atoms with van der Waals surface area (Å²) in [5.41, 5.74) is 0.384. The average molecular weight is 361 g/mol. The van der Waals surface area contributed by atoms with Gasteiger partial charge in [-0.15, -0.1) is 0 Å². The number of hydrogen-bond acceptors (Lipinski definition) is 2. The van der Waals surface area contributed by atoms with Crippen LogP contribution in [-0.2, 0) is 4.79 Å². The van der Waals surface area contributed by atoms with Crippen molar-refractivity contribution in [3.05, 3.63) is 0 Å². The highest BCUT2D eigenvalue weighted by Gasteiger charge is 2.63. The van der Waals surface area contributed by atoms with E-state index in [0.717, 1.165) is 37.0 Å². The van der Waals surface area contributed by atoms with Gasteiger partial charge in [0.05, 0.1) is 5.60 Å². The summed E-state index contributed by atoms with van der Waals surface area (Å²) in [6, 6.07) is 0. The summed E-state index contributed by atoms with van der Waals surface area (Å²) in [4.78, 5) is 12.3. The van der Waals surface area contributed by atoms with E-state index in [9.17, 15) is 9.90 Å². The first-order valence-corrected chi connectivity index (χ1v) is 11.3. The van der Waals surface area contributed by atoms with Crippen molar-refractivity contribution in [3.63, 3.8) is 0 Å². The minimum Gasteiger partial charge on any atom is -0.390 e. The van der Waals surface area contributed by atoms with Gasteiger partial charge in [-0.25, -0.2) is 0 Å². The van der Waals surface area contributed by atoms with E-state index in [1.807, 2.05) is 6.92 Å². The fourth-order valence-corrected chi connectivity index (χ4v) is 8.91. The lowest BCUT2D eigenvalue weighted by Crippen LogP contribution is -2.56. The minimum absolute atomic E-state index is 0.257. The Kier molecular flexibility index (Phi) is 4.24. The third-order valence-corrected chi connectivity index (χ3v) is 10.3. The Hall–Kier alpha value is -0.370. The molecule has 0 aromatic heterocycles. The van der Waals surface area contributed by atoms with Gasteiger partial charge in [0.15, 0.2) is 0 Å². The van der Waals surface area contributed by atoms with Crippen molar-refractivity contribution in [2.45, 2.75) is 104 Å². The van der Waals surface area contributed by atoms with Crippen LogP contribution in [0.25, 0.3) is 0 Å². The van der Waals surface area contributed by atoms with E-state index in [0.29, 0.717) is 17.1 Å². The monoisotopic (exact) mass is 360 g/mol. The van der Waals surface area contributed by atoms with Crippen LogP contribution in [0.3, 0.4) is 0 Å². The minimum atomic E-state index is -0.490. The quantitative estimate of drug-likeness (QED) is 0.645. The first kappa shape index (κ1) is 19.0. The van der Waals surface area contributed by atoms with Crippen molar-refractivity contribution < 1.29 is 9.90 Å². The van der Waals surface area contributed by atoms with Gasteiger partial charge in [-0.1, -0.05) is 27.2 Å². The zero-order chi connectivity index (χ0) is 19.0. The number of ketones is 1. The molecule has 0 aromatic carbocycles. The summed E-state index contributed by atoms with van der Waals surface area (Å²) in [6.07, 6.45) is 11.9. The van der Waals surface area contributed by atoms with Gasteiger partial charge in [-0.05, 0) is 106 Å². The van der Waals surface area contributed by atoms with Crippen LogP contribution in [0.15, 0.2) is 0 Å². The Morgan fingerprint density at radius 3 is 2.31 bits per heavy atom. The molecule has 4 aliphatic rings. The molecule has 2 heteroatoms. The summed E-state index contributed by atoms with van der Waals surface area (Å²) in [5.74, 6) is 3.09. The van der Waals surface area contributed by atoms with Gasteiger partial charge in [0, 0.05) is 5.92 Å². The Bertz CT molecular complexity index is 595. The predicted octanol–water partition coefficient (Wildman–Crippen LogP) is 5.77. The third kappa shape index (κ3) is 2.50. The molecular formula is C24H40O2. The van der Waals surface area contributed by atoms with Crippen LogP contribution in [0.5, 0.6) is 0 Å². The van der Waals surface area contributed by atoms with Gasteiger partial charge in [0.1, 0.15) is 5.78 Å². The molecule has 26 heavy (non-hydrogen) atoms. The molecule has 4 rings (SSSR count). The number of carbonyl (C=O) groups excluding carboxylic acids is 1. The molecule has 0 saturated heterocycles. The molecule has 1 N–H and O–H groups in total. The van der Waals surface area contributed by atoms with Crippen LogP contribution in [0.4, 0.5) is 0 Å². The summed E-state index contributed by atoms with van der Waals surface area (Å²) >= 11 is 0. The van der Waals surface area contributed by atoms with Crippen molar-refractivity contribution in [2.75, 3.05) is 0 Å². The van der Waals surface area contributed by atoms with E-state index in [2.05, 4.69) is 27.7 Å². The first-order chi connectivity index (χ1) is 12.0. The molecule has 0 amide bonds. The van der Waals surface area contributed by atoms with Crippen molar-refractivity contribution >= 4 is 5.78 Å². The molecule has 0 radical (unpaired) electrons. The normalized spacial score (nSPS) is 56.8. The third-order valence-electron chi connectivity index (χ3n) is 10.3. The van der Waals surface area contributed by atoms with Crippen molar-refractivity contribution in [3.8, 4) is 0 Å². The highest BCUT2D eigenvalue weighted by atomic mass is 16.3. The zero-order valence-electron chi connectivity index (χ0n) is 17.7. The highest BCUT2D eigenvalue weighted by molar-refractivity contribution is 5.79. The number of hydrogen-bond donors (Lipinski definition) is 1. The lowest BCUT2D eigenvalue weighted by Gasteiger charge is -2.63. The van der Waals surface area contributed by atoms with Crippen LogP contribution in [0, 0.1) is 39.9 Å². The second-order valence-corrected chi connectivity index (χ2v) is 11.7. The van der Waals surface area contributed by atoms with Gasteiger partial charge < -0.3 is 5.11 Å². The molecule has 4 saturated carbocycles. The molecule has 0 aliphatic heterocycles. The summed E-state index contributed by atoms with van der Waals surface area (Å²) < 4.78 is 0. The molecule has 4 aliphatic carbocycles. The summed E-state index contributed by atoms with van der Waals surface area (Å²) in [5, 5.41) is 10.9. The van der Waals surface area contributed by atoms with Gasteiger partial charge >= 0.3 is 0 Å². The first-order valence-electron chi connectivity index (χ1n) is 11.3. The standard InChI is InChI=1S/C24H40O2/c1-16(25)18-7-8-19-17-9-13-21(2)15-22(3,26)11-6-12-24(21,5)20(17)10-14-23(18,19)4/h17-20,26H,6-15H2,1-5H3/t17-,18+,19-,20-,21-,22-,23+,24+/m0/s1. The van der Waals surface area contributed by atoms with E-state index in [4.69, 9.17) is 0 Å². The van der Waals surface area contributed by atoms with Crippen LogP contribution in [0.2, 0.25) is 0 Å². The van der Waals surface area contributed by atoms with E-state index in [1.165, 1.54) is 44.9 Å². The van der Waals surface area contributed by atoms with Crippen LogP contribution < -0.4 is 0 Å². The Morgan fingerprint density at radius 1 is 0.885 bits per heavy atom. The summed E-state index contributed by atoms with van der Waals surface area (Å²) in [6.45, 7) is 11.4. The van der Waals surface area contributed by atoms with Gasteiger partial charge in [-0.2, -0.15) is 0 Å². The smallest absolute Gasteiger partial charge is 0.133 e. The molecular weight excluding hydrogens is 320 g/mol. The zero-order valence-corrected chi connectivity index (χ0v) is 17.7. The van der Waals surface area contributed by atoms with E-state index in [-0.39, 0.29) is 10.8 Å². The topological polar surface area (TPSA) is 37.3 Å². The molecule has 148 valence electrons. The van der Waals surface area contributed by atoms with Crippen LogP contribution in [0.1, 0.15) is 98.8 Å². The Labute approximate surface area is 160 Å². The second kappa shape index (κ2) is 5.82. The van der Waals surface area contributed by atoms with Crippen molar-refractivity contribution in [2.24, 2.45) is 39.9 Å². The molecule has 0 aromatic rings. The Morgan fingerprint density at radius 2 is 1.62 bits per heavy atom. The van der Waals surface area contributed by atoms with Gasteiger partial charge in [-0.3, -0.25) is 4.79 Å². The highest BCUT2D eigenvalue weighted by Crippen LogP contribution is 2.70. The average Bonchev–Trinajstić information content (AvgIpc) is 2.83. The SMILES string of the molecule is CC(=O)[C@H]1CC[C@H]2[C@@H]3CC[C@@]4(C)C[C@@](C)(O)CCC[C@]4(C)[C@H]3CC[C@]12C. The number of carbonyl (C=O) groups is 1. The van der Waals surface area contributed by atoms with Crippen LogP contribution in [-0.4, -0.2) is 16.5 Å². The van der Waals surface area contributed by atoms with E-state index in [1.54, 1.807) is 0 Å². The maximum Gasteiger partial charge on any atom is 0.133 e. The van der Waals surface area contributed by atoms with E-state index >= 15 is 0 Å². The molecule has 0 unspecified atom stereocenters. The molecule has 0 spiro atoms. The number of Topliss-reactive ketones (excluding diaryl/α,β-unsaturated/α-hetero) is 1. The van der Waals surface area contributed by atoms with Crippen molar-refractivity contribution in [1.29, 1.82) is 0 Å². The van der Waals surface area contributed by atoms with Crippen molar-refractivity contribution in [1.82, 2.24) is 0 Å². The number of aliphatic hydroxyl groups is 1. The number of rotatable bonds is 1. The lowest BCUT2D eigenvalue weighted by atomic mass is 9.42. The van der Waals surface area contributed by atoms with Crippen LogP contribution >= 0.6 is 0 Å². The predicted molar refractivity (Wildman–Crippen MR) is 106 cm³/mol. The molecule has 4 fully saturated rings. The molecule has 0 heterocycles. The second-order valence-electron chi connectivity index (χ2n) is 11.7. The number of fused-ring (bicyclic) bond motifs is 5. The molecule has 2 nitrogen and oxygen atoms in total.